The first-order valence-corrected chi connectivity index (χ1v) is 8.96. The molecular formula is C21H25NO4. The van der Waals surface area contributed by atoms with Crippen LogP contribution in [0.25, 0.3) is 0 Å². The number of aliphatic carboxylic acids is 1. The predicted molar refractivity (Wildman–Crippen MR) is 99.1 cm³/mol. The molecule has 0 aromatic heterocycles. The molecule has 1 fully saturated rings. The van der Waals surface area contributed by atoms with Crippen LogP contribution in [0.15, 0.2) is 48.5 Å². The second-order valence-electron chi connectivity index (χ2n) is 6.75. The fraction of sp³-hybridized carbons (Fsp3) is 0.381. The molecule has 2 heterocycles. The van der Waals surface area contributed by atoms with Gasteiger partial charge < -0.3 is 20.3 Å². The van der Waals surface area contributed by atoms with Crippen LogP contribution in [0.1, 0.15) is 36.5 Å². The van der Waals surface area contributed by atoms with Gasteiger partial charge in [0, 0.05) is 12.5 Å². The molecule has 5 heteroatoms. The molecule has 2 aliphatic rings. The Morgan fingerprint density at radius 1 is 1.08 bits per heavy atom. The highest BCUT2D eigenvalue weighted by Crippen LogP contribution is 2.47. The van der Waals surface area contributed by atoms with E-state index in [0.717, 1.165) is 55.3 Å². The number of carboxylic acids is 1. The van der Waals surface area contributed by atoms with E-state index >= 15 is 0 Å². The van der Waals surface area contributed by atoms with E-state index in [1.807, 2.05) is 36.4 Å². The zero-order valence-corrected chi connectivity index (χ0v) is 14.9. The van der Waals surface area contributed by atoms with Crippen molar-refractivity contribution < 1.29 is 19.7 Å². The fourth-order valence-electron chi connectivity index (χ4n) is 3.91. The first kappa shape index (κ1) is 18.4. The van der Waals surface area contributed by atoms with Crippen molar-refractivity contribution in [2.75, 3.05) is 13.1 Å². The van der Waals surface area contributed by atoms with Gasteiger partial charge >= 0.3 is 0 Å². The summed E-state index contributed by atoms with van der Waals surface area (Å²) >= 11 is 0. The van der Waals surface area contributed by atoms with Gasteiger partial charge in [-0.25, -0.2) is 0 Å². The lowest BCUT2D eigenvalue weighted by Gasteiger charge is -2.39. The van der Waals surface area contributed by atoms with E-state index in [-0.39, 0.29) is 5.92 Å². The van der Waals surface area contributed by atoms with E-state index in [4.69, 9.17) is 14.6 Å². The Bertz CT molecular complexity index is 717. The summed E-state index contributed by atoms with van der Waals surface area (Å²) in [6.45, 7) is 3.51. The molecule has 3 N–H and O–H groups in total. The van der Waals surface area contributed by atoms with Crippen LogP contribution >= 0.6 is 0 Å². The van der Waals surface area contributed by atoms with Gasteiger partial charge in [0.1, 0.15) is 18.0 Å². The summed E-state index contributed by atoms with van der Waals surface area (Å²) in [4.78, 5) is 9.00. The van der Waals surface area contributed by atoms with Crippen LogP contribution in [0.3, 0.4) is 0 Å². The molecule has 2 aromatic rings. The molecule has 2 aromatic carbocycles. The summed E-state index contributed by atoms with van der Waals surface area (Å²) in [5, 5.41) is 22.7. The van der Waals surface area contributed by atoms with E-state index in [9.17, 15) is 5.11 Å². The highest BCUT2D eigenvalue weighted by Gasteiger charge is 2.44. The third-order valence-electron chi connectivity index (χ3n) is 5.04. The van der Waals surface area contributed by atoms with E-state index in [2.05, 4.69) is 17.4 Å². The molecule has 0 bridgehead atoms. The molecule has 0 spiro atoms. The second-order valence-corrected chi connectivity index (χ2v) is 6.75. The van der Waals surface area contributed by atoms with Crippen molar-refractivity contribution in [1.82, 2.24) is 5.32 Å². The summed E-state index contributed by atoms with van der Waals surface area (Å²) in [6, 6.07) is 16.1. The maximum atomic E-state index is 11.9. The van der Waals surface area contributed by atoms with Gasteiger partial charge in [-0.1, -0.05) is 42.5 Å². The van der Waals surface area contributed by atoms with Gasteiger partial charge in [0.15, 0.2) is 0 Å². The smallest absolute Gasteiger partial charge is 0.300 e. The van der Waals surface area contributed by atoms with E-state index in [1.54, 1.807) is 0 Å². The molecule has 2 aliphatic heterocycles. The van der Waals surface area contributed by atoms with Crippen LogP contribution in [0.5, 0.6) is 5.75 Å². The summed E-state index contributed by atoms with van der Waals surface area (Å²) in [6.07, 6.45) is 1.94. The summed E-state index contributed by atoms with van der Waals surface area (Å²) in [5.41, 5.74) is 2.03. The van der Waals surface area contributed by atoms with Crippen molar-refractivity contribution in [2.24, 2.45) is 5.92 Å². The van der Waals surface area contributed by atoms with Gasteiger partial charge in [0.25, 0.3) is 5.97 Å². The Hall–Kier alpha value is -2.37. The summed E-state index contributed by atoms with van der Waals surface area (Å²) in [5.74, 6) is 0.178. The SMILES string of the molecule is CC(=O)O.OC1(C2CCNCC2)c2ccccc2COc2ccccc21. The number of carbonyl (C=O) groups is 1. The fourth-order valence-corrected chi connectivity index (χ4v) is 3.91. The number of fused-ring (bicyclic) bond motifs is 2. The average Bonchev–Trinajstić information content (AvgIpc) is 2.79. The lowest BCUT2D eigenvalue weighted by atomic mass is 9.71. The number of nitrogens with one attached hydrogen (secondary N) is 1. The topological polar surface area (TPSA) is 78.8 Å². The molecule has 138 valence electrons. The molecule has 0 aliphatic carbocycles. The van der Waals surface area contributed by atoms with E-state index in [1.165, 1.54) is 0 Å². The van der Waals surface area contributed by atoms with Crippen LogP contribution < -0.4 is 10.1 Å². The number of para-hydroxylation sites is 1. The number of benzene rings is 2. The number of ether oxygens (including phenoxy) is 1. The van der Waals surface area contributed by atoms with Gasteiger partial charge in [-0.15, -0.1) is 0 Å². The maximum Gasteiger partial charge on any atom is 0.300 e. The minimum Gasteiger partial charge on any atom is -0.488 e. The Balaban J connectivity index is 0.000000447. The molecule has 1 unspecified atom stereocenters. The van der Waals surface area contributed by atoms with Crippen LogP contribution in [0.2, 0.25) is 0 Å². The summed E-state index contributed by atoms with van der Waals surface area (Å²) < 4.78 is 5.99. The van der Waals surface area contributed by atoms with Gasteiger partial charge in [-0.05, 0) is 49.0 Å². The molecule has 26 heavy (non-hydrogen) atoms. The Morgan fingerprint density at radius 2 is 1.65 bits per heavy atom. The van der Waals surface area contributed by atoms with Gasteiger partial charge in [0.05, 0.1) is 0 Å². The molecule has 1 atom stereocenters. The molecule has 5 nitrogen and oxygen atoms in total. The standard InChI is InChI=1S/C19H21NO2.C2H4O2/c21-19(15-9-11-20-12-10-15)16-6-2-1-5-14(16)13-22-18-8-4-3-7-17(18)19;1-2(3)4/h1-8,15,20-21H,9-13H2;1H3,(H,3,4). The molecule has 0 radical (unpaired) electrons. The number of aliphatic hydroxyl groups is 1. The Kier molecular flexibility index (Phi) is 5.59. The number of rotatable bonds is 1. The van der Waals surface area contributed by atoms with Crippen LogP contribution in [0, 0.1) is 5.92 Å². The zero-order chi connectivity index (χ0) is 18.6. The largest absolute Gasteiger partial charge is 0.488 e. The van der Waals surface area contributed by atoms with E-state index in [0.29, 0.717) is 6.61 Å². The number of piperidine rings is 1. The normalized spacial score (nSPS) is 21.9. The van der Waals surface area contributed by atoms with Crippen molar-refractivity contribution >= 4 is 5.97 Å². The monoisotopic (exact) mass is 355 g/mol. The van der Waals surface area contributed by atoms with Crippen LogP contribution in [-0.2, 0) is 17.0 Å². The van der Waals surface area contributed by atoms with Crippen molar-refractivity contribution in [2.45, 2.75) is 32.0 Å². The molecule has 1 saturated heterocycles. The molecule has 0 amide bonds. The van der Waals surface area contributed by atoms with Crippen LogP contribution in [0.4, 0.5) is 0 Å². The van der Waals surface area contributed by atoms with Gasteiger partial charge in [0.2, 0.25) is 0 Å². The third kappa shape index (κ3) is 3.59. The van der Waals surface area contributed by atoms with Crippen molar-refractivity contribution in [3.63, 3.8) is 0 Å². The molecule has 4 rings (SSSR count). The predicted octanol–water partition coefficient (Wildman–Crippen LogP) is 2.91. The number of carboxylic acid groups (broad SMARTS) is 1. The third-order valence-corrected chi connectivity index (χ3v) is 5.04. The van der Waals surface area contributed by atoms with Crippen molar-refractivity contribution in [3.05, 3.63) is 65.2 Å². The van der Waals surface area contributed by atoms with Gasteiger partial charge in [-0.2, -0.15) is 0 Å². The second kappa shape index (κ2) is 7.89. The first-order valence-electron chi connectivity index (χ1n) is 8.96. The minimum absolute atomic E-state index is 0.206. The molecule has 0 saturated carbocycles. The number of hydrogen-bond acceptors (Lipinski definition) is 4. The minimum atomic E-state index is -0.966. The molecular weight excluding hydrogens is 330 g/mol. The maximum absolute atomic E-state index is 11.9. The summed E-state index contributed by atoms with van der Waals surface area (Å²) in [7, 11) is 0. The highest BCUT2D eigenvalue weighted by atomic mass is 16.5. The Labute approximate surface area is 153 Å². The quantitative estimate of drug-likeness (QED) is 0.733. The zero-order valence-electron chi connectivity index (χ0n) is 14.9. The van der Waals surface area contributed by atoms with Crippen molar-refractivity contribution in [3.8, 4) is 5.75 Å². The average molecular weight is 355 g/mol. The first-order chi connectivity index (χ1) is 12.5. The lowest BCUT2D eigenvalue weighted by Crippen LogP contribution is -2.42. The lowest BCUT2D eigenvalue weighted by molar-refractivity contribution is -0.134. The van der Waals surface area contributed by atoms with Crippen LogP contribution in [-0.4, -0.2) is 29.3 Å². The Morgan fingerprint density at radius 3 is 2.35 bits per heavy atom. The van der Waals surface area contributed by atoms with E-state index < -0.39 is 11.6 Å². The van der Waals surface area contributed by atoms with Crippen molar-refractivity contribution in [1.29, 1.82) is 0 Å². The number of hydrogen-bond donors (Lipinski definition) is 3. The highest BCUT2D eigenvalue weighted by molar-refractivity contribution is 5.63. The van der Waals surface area contributed by atoms with Gasteiger partial charge in [-0.3, -0.25) is 4.79 Å².